The summed E-state index contributed by atoms with van der Waals surface area (Å²) >= 11 is 1.64. The van der Waals surface area contributed by atoms with E-state index in [9.17, 15) is 4.79 Å². The van der Waals surface area contributed by atoms with E-state index in [1.54, 1.807) is 18.4 Å². The molecular formula is C21H20N2O2S. The molecule has 2 heterocycles. The Labute approximate surface area is 157 Å². The van der Waals surface area contributed by atoms with Gasteiger partial charge in [0.05, 0.1) is 12.7 Å². The molecule has 26 heavy (non-hydrogen) atoms. The van der Waals surface area contributed by atoms with Crippen LogP contribution in [0.5, 0.6) is 5.75 Å². The van der Waals surface area contributed by atoms with Crippen LogP contribution >= 0.6 is 11.3 Å². The van der Waals surface area contributed by atoms with Crippen molar-refractivity contribution in [3.8, 4) is 5.75 Å². The van der Waals surface area contributed by atoms with Gasteiger partial charge in [0.15, 0.2) is 0 Å². The van der Waals surface area contributed by atoms with E-state index in [-0.39, 0.29) is 12.1 Å². The number of carbonyl (C=O) groups excluding carboxylic acids is 1. The second-order valence-electron chi connectivity index (χ2n) is 6.25. The fraction of sp³-hybridized carbons (Fsp3) is 0.190. The molecule has 0 spiro atoms. The van der Waals surface area contributed by atoms with E-state index in [0.717, 1.165) is 29.0 Å². The van der Waals surface area contributed by atoms with Crippen LogP contribution in [-0.4, -0.2) is 24.5 Å². The Kier molecular flexibility index (Phi) is 4.63. The van der Waals surface area contributed by atoms with Crippen LogP contribution in [-0.2, 0) is 6.42 Å². The Morgan fingerprint density at radius 2 is 1.92 bits per heavy atom. The van der Waals surface area contributed by atoms with Crippen molar-refractivity contribution >= 4 is 22.9 Å². The summed E-state index contributed by atoms with van der Waals surface area (Å²) in [4.78, 5) is 15.0. The van der Waals surface area contributed by atoms with Gasteiger partial charge in [-0.05, 0) is 53.1 Å². The van der Waals surface area contributed by atoms with Gasteiger partial charge in [0.2, 0.25) is 0 Å². The molecule has 5 heteroatoms. The van der Waals surface area contributed by atoms with Gasteiger partial charge < -0.3 is 15.0 Å². The summed E-state index contributed by atoms with van der Waals surface area (Å²) in [7, 11) is 1.66. The third kappa shape index (κ3) is 3.18. The van der Waals surface area contributed by atoms with E-state index in [0.29, 0.717) is 6.54 Å². The van der Waals surface area contributed by atoms with Crippen LogP contribution in [0, 0.1) is 0 Å². The topological polar surface area (TPSA) is 41.6 Å². The second kappa shape index (κ2) is 7.22. The predicted octanol–water partition coefficient (Wildman–Crippen LogP) is 4.57. The first-order chi connectivity index (χ1) is 12.8. The number of hydrogen-bond acceptors (Lipinski definition) is 4. The molecule has 0 aliphatic carbocycles. The van der Waals surface area contributed by atoms with Crippen LogP contribution in [0.25, 0.3) is 0 Å². The summed E-state index contributed by atoms with van der Waals surface area (Å²) in [6, 6.07) is 17.8. The average Bonchev–Trinajstić information content (AvgIpc) is 3.22. The van der Waals surface area contributed by atoms with Gasteiger partial charge in [-0.3, -0.25) is 4.79 Å². The Morgan fingerprint density at radius 1 is 1.12 bits per heavy atom. The van der Waals surface area contributed by atoms with E-state index in [4.69, 9.17) is 4.74 Å². The van der Waals surface area contributed by atoms with Crippen molar-refractivity contribution in [2.24, 2.45) is 0 Å². The van der Waals surface area contributed by atoms with Gasteiger partial charge in [0, 0.05) is 17.8 Å². The number of nitrogens with zero attached hydrogens (tertiary/aromatic N) is 1. The molecule has 1 N–H and O–H groups in total. The molecule has 0 radical (unpaired) electrons. The summed E-state index contributed by atoms with van der Waals surface area (Å²) in [6.07, 6.45) is 0.655. The van der Waals surface area contributed by atoms with Crippen molar-refractivity contribution in [1.82, 2.24) is 4.90 Å². The van der Waals surface area contributed by atoms with Crippen molar-refractivity contribution in [2.45, 2.75) is 12.6 Å². The Balaban J connectivity index is 1.59. The lowest BCUT2D eigenvalue weighted by Crippen LogP contribution is -2.43. The van der Waals surface area contributed by atoms with E-state index in [1.807, 2.05) is 58.8 Å². The number of methoxy groups -OCH3 is 1. The van der Waals surface area contributed by atoms with Crippen LogP contribution in [0.3, 0.4) is 0 Å². The molecule has 4 nitrogen and oxygen atoms in total. The van der Waals surface area contributed by atoms with Crippen molar-refractivity contribution in [3.05, 3.63) is 82.0 Å². The number of amides is 1. The molecule has 2 aromatic carbocycles. The predicted molar refractivity (Wildman–Crippen MR) is 105 cm³/mol. The van der Waals surface area contributed by atoms with Gasteiger partial charge in [0.1, 0.15) is 11.9 Å². The van der Waals surface area contributed by atoms with Crippen LogP contribution < -0.4 is 10.1 Å². The highest BCUT2D eigenvalue weighted by molar-refractivity contribution is 7.08. The Hall–Kier alpha value is -2.79. The van der Waals surface area contributed by atoms with E-state index < -0.39 is 0 Å². The molecule has 4 rings (SSSR count). The molecule has 0 fully saturated rings. The summed E-state index contributed by atoms with van der Waals surface area (Å²) < 4.78 is 5.21. The first-order valence-corrected chi connectivity index (χ1v) is 9.52. The van der Waals surface area contributed by atoms with Crippen molar-refractivity contribution in [3.63, 3.8) is 0 Å². The molecule has 3 aromatic rings. The van der Waals surface area contributed by atoms with E-state index >= 15 is 0 Å². The zero-order valence-corrected chi connectivity index (χ0v) is 15.3. The maximum atomic E-state index is 13.1. The van der Waals surface area contributed by atoms with Gasteiger partial charge in [-0.1, -0.05) is 24.3 Å². The minimum Gasteiger partial charge on any atom is -0.497 e. The molecule has 1 atom stereocenters. The van der Waals surface area contributed by atoms with Crippen molar-refractivity contribution < 1.29 is 9.53 Å². The molecule has 132 valence electrons. The minimum absolute atomic E-state index is 0.0732. The molecule has 1 aliphatic heterocycles. The number of carbonyl (C=O) groups is 1. The van der Waals surface area contributed by atoms with E-state index in [1.165, 1.54) is 5.56 Å². The number of hydrogen-bond donors (Lipinski definition) is 1. The second-order valence-corrected chi connectivity index (χ2v) is 7.03. The average molecular weight is 364 g/mol. The van der Waals surface area contributed by atoms with Crippen LogP contribution in [0.1, 0.15) is 27.7 Å². The molecule has 0 bridgehead atoms. The van der Waals surface area contributed by atoms with Crippen LogP contribution in [0.2, 0.25) is 0 Å². The number of benzene rings is 2. The zero-order valence-electron chi connectivity index (χ0n) is 14.5. The van der Waals surface area contributed by atoms with Crippen molar-refractivity contribution in [1.29, 1.82) is 0 Å². The lowest BCUT2D eigenvalue weighted by Gasteiger charge is -2.37. The first kappa shape index (κ1) is 16.7. The number of para-hydroxylation sites is 1. The first-order valence-electron chi connectivity index (χ1n) is 8.58. The summed E-state index contributed by atoms with van der Waals surface area (Å²) in [5.41, 5.74) is 3.93. The molecule has 1 amide bonds. The third-order valence-electron chi connectivity index (χ3n) is 4.68. The largest absolute Gasteiger partial charge is 0.497 e. The normalized spacial score (nSPS) is 16.1. The van der Waals surface area contributed by atoms with E-state index in [2.05, 4.69) is 16.8 Å². The van der Waals surface area contributed by atoms with Gasteiger partial charge in [-0.25, -0.2) is 0 Å². The fourth-order valence-corrected chi connectivity index (χ4v) is 3.94. The maximum absolute atomic E-state index is 13.1. The number of anilines is 1. The van der Waals surface area contributed by atoms with Crippen LogP contribution in [0.15, 0.2) is 65.4 Å². The lowest BCUT2D eigenvalue weighted by molar-refractivity contribution is 0.0686. The summed E-state index contributed by atoms with van der Waals surface area (Å²) in [5, 5.41) is 7.67. The monoisotopic (exact) mass is 364 g/mol. The smallest absolute Gasteiger partial charge is 0.257 e. The van der Waals surface area contributed by atoms with Crippen LogP contribution in [0.4, 0.5) is 5.69 Å². The fourth-order valence-electron chi connectivity index (χ4n) is 3.26. The molecular weight excluding hydrogens is 344 g/mol. The lowest BCUT2D eigenvalue weighted by atomic mass is 10.0. The highest BCUT2D eigenvalue weighted by atomic mass is 32.1. The molecule has 0 unspecified atom stereocenters. The maximum Gasteiger partial charge on any atom is 0.257 e. The van der Waals surface area contributed by atoms with Gasteiger partial charge in [-0.2, -0.15) is 11.3 Å². The molecule has 1 aromatic heterocycles. The van der Waals surface area contributed by atoms with Gasteiger partial charge in [0.25, 0.3) is 5.91 Å². The zero-order chi connectivity index (χ0) is 17.9. The van der Waals surface area contributed by atoms with Gasteiger partial charge >= 0.3 is 0 Å². The van der Waals surface area contributed by atoms with Crippen molar-refractivity contribution in [2.75, 3.05) is 19.0 Å². The SMILES string of the molecule is COc1ccc(CCN2C(=O)c3ccccc3N[C@@H]2c2ccsc2)cc1. The Bertz CT molecular complexity index is 891. The number of rotatable bonds is 5. The highest BCUT2D eigenvalue weighted by Gasteiger charge is 2.32. The summed E-state index contributed by atoms with van der Waals surface area (Å²) in [5.74, 6) is 0.915. The highest BCUT2D eigenvalue weighted by Crippen LogP contribution is 2.33. The quantitative estimate of drug-likeness (QED) is 0.721. The third-order valence-corrected chi connectivity index (χ3v) is 5.38. The Morgan fingerprint density at radius 3 is 2.65 bits per heavy atom. The number of thiophene rings is 1. The molecule has 0 saturated heterocycles. The molecule has 0 saturated carbocycles. The van der Waals surface area contributed by atoms with Gasteiger partial charge in [-0.15, -0.1) is 0 Å². The number of nitrogens with one attached hydrogen (secondary N) is 1. The summed E-state index contributed by atoms with van der Waals surface area (Å²) in [6.45, 7) is 0.646. The molecule has 1 aliphatic rings. The number of fused-ring (bicyclic) bond motifs is 1. The minimum atomic E-state index is -0.137. The number of ether oxygens (including phenoxy) is 1. The standard InChI is InChI=1S/C21H20N2O2S/c1-25-17-8-6-15(7-9-17)10-12-23-20(16-11-13-26-14-16)22-19-5-3-2-4-18(19)21(23)24/h2-9,11,13-14,20,22H,10,12H2,1H3/t20-/m0/s1.